The summed E-state index contributed by atoms with van der Waals surface area (Å²) in [7, 11) is 0. The van der Waals surface area contributed by atoms with Crippen LogP contribution in [0.4, 0.5) is 5.69 Å². The van der Waals surface area contributed by atoms with Crippen molar-refractivity contribution in [2.45, 2.75) is 0 Å². The largest absolute Gasteiger partial charge is 0.345 e. The van der Waals surface area contributed by atoms with Gasteiger partial charge in [0.15, 0.2) is 0 Å². The van der Waals surface area contributed by atoms with Gasteiger partial charge in [0.25, 0.3) is 5.91 Å². The standard InChI is InChI=1S/C17H13N3O2/c21-11-12-2-1-3-14(10-12)17(22)20-15-6-4-13(5-7-15)16-18-8-9-19-16/h1-11H,(H,18,19)(H,20,22). The van der Waals surface area contributed by atoms with Gasteiger partial charge in [-0.3, -0.25) is 9.59 Å². The number of rotatable bonds is 4. The lowest BCUT2D eigenvalue weighted by Crippen LogP contribution is -2.12. The first kappa shape index (κ1) is 13.8. The van der Waals surface area contributed by atoms with Crippen molar-refractivity contribution in [3.63, 3.8) is 0 Å². The first-order valence-corrected chi connectivity index (χ1v) is 6.73. The van der Waals surface area contributed by atoms with Gasteiger partial charge in [-0.1, -0.05) is 12.1 Å². The summed E-state index contributed by atoms with van der Waals surface area (Å²) in [6.07, 6.45) is 4.16. The van der Waals surface area contributed by atoms with Crippen molar-refractivity contribution in [1.82, 2.24) is 9.97 Å². The molecule has 5 nitrogen and oxygen atoms in total. The molecule has 2 aromatic carbocycles. The number of aromatic amines is 1. The van der Waals surface area contributed by atoms with Crippen LogP contribution in [-0.2, 0) is 0 Å². The first-order chi connectivity index (χ1) is 10.8. The maximum absolute atomic E-state index is 12.2. The monoisotopic (exact) mass is 291 g/mol. The van der Waals surface area contributed by atoms with Gasteiger partial charge in [0.2, 0.25) is 0 Å². The molecule has 3 aromatic rings. The van der Waals surface area contributed by atoms with E-state index in [0.29, 0.717) is 16.8 Å². The topological polar surface area (TPSA) is 74.8 Å². The average Bonchev–Trinajstić information content (AvgIpc) is 3.10. The molecule has 0 aliphatic heterocycles. The van der Waals surface area contributed by atoms with Gasteiger partial charge in [0, 0.05) is 34.8 Å². The SMILES string of the molecule is O=Cc1cccc(C(=O)Nc2ccc(-c3ncc[nH]3)cc2)c1. The number of hydrogen-bond donors (Lipinski definition) is 2. The van der Waals surface area contributed by atoms with Gasteiger partial charge in [-0.05, 0) is 36.4 Å². The van der Waals surface area contributed by atoms with Crippen LogP contribution in [0.1, 0.15) is 20.7 Å². The molecule has 1 heterocycles. The van der Waals surface area contributed by atoms with Gasteiger partial charge in [-0.2, -0.15) is 0 Å². The molecule has 0 fully saturated rings. The molecule has 0 radical (unpaired) electrons. The molecule has 0 bridgehead atoms. The highest BCUT2D eigenvalue weighted by Crippen LogP contribution is 2.18. The second-order valence-electron chi connectivity index (χ2n) is 4.71. The summed E-state index contributed by atoms with van der Waals surface area (Å²) in [6.45, 7) is 0. The van der Waals surface area contributed by atoms with Crippen LogP contribution in [0.25, 0.3) is 11.4 Å². The zero-order valence-corrected chi connectivity index (χ0v) is 11.6. The molecule has 0 saturated carbocycles. The predicted molar refractivity (Wildman–Crippen MR) is 83.8 cm³/mol. The highest BCUT2D eigenvalue weighted by molar-refractivity contribution is 6.05. The molecule has 0 unspecified atom stereocenters. The van der Waals surface area contributed by atoms with Gasteiger partial charge in [0.1, 0.15) is 12.1 Å². The zero-order chi connectivity index (χ0) is 15.4. The van der Waals surface area contributed by atoms with Crippen LogP contribution in [0.3, 0.4) is 0 Å². The second-order valence-corrected chi connectivity index (χ2v) is 4.71. The van der Waals surface area contributed by atoms with Crippen molar-refractivity contribution in [1.29, 1.82) is 0 Å². The fraction of sp³-hybridized carbons (Fsp3) is 0. The molecule has 3 rings (SSSR count). The Morgan fingerprint density at radius 3 is 2.64 bits per heavy atom. The number of amides is 1. The Kier molecular flexibility index (Phi) is 3.78. The molecule has 1 aromatic heterocycles. The summed E-state index contributed by atoms with van der Waals surface area (Å²) in [5, 5.41) is 2.80. The molecule has 0 saturated heterocycles. The van der Waals surface area contributed by atoms with E-state index in [1.807, 2.05) is 12.1 Å². The molecule has 2 N–H and O–H groups in total. The normalized spacial score (nSPS) is 10.2. The van der Waals surface area contributed by atoms with Crippen molar-refractivity contribution in [3.05, 3.63) is 72.1 Å². The highest BCUT2D eigenvalue weighted by Gasteiger charge is 2.07. The Bertz CT molecular complexity index is 793. The molecule has 0 aliphatic carbocycles. The number of imidazole rings is 1. The molecular formula is C17H13N3O2. The quantitative estimate of drug-likeness (QED) is 0.725. The minimum absolute atomic E-state index is 0.255. The van der Waals surface area contributed by atoms with E-state index in [4.69, 9.17) is 0 Å². The number of carbonyl (C=O) groups excluding carboxylic acids is 2. The average molecular weight is 291 g/mol. The van der Waals surface area contributed by atoms with Crippen molar-refractivity contribution >= 4 is 17.9 Å². The first-order valence-electron chi connectivity index (χ1n) is 6.73. The predicted octanol–water partition coefficient (Wildman–Crippen LogP) is 3.14. The minimum Gasteiger partial charge on any atom is -0.345 e. The molecule has 108 valence electrons. The summed E-state index contributed by atoms with van der Waals surface area (Å²) >= 11 is 0. The van der Waals surface area contributed by atoms with Gasteiger partial charge < -0.3 is 10.3 Å². The summed E-state index contributed by atoms with van der Waals surface area (Å²) in [4.78, 5) is 30.1. The van der Waals surface area contributed by atoms with Crippen LogP contribution in [0.2, 0.25) is 0 Å². The van der Waals surface area contributed by atoms with Crippen LogP contribution in [0.5, 0.6) is 0 Å². The van der Waals surface area contributed by atoms with Crippen molar-refractivity contribution in [2.75, 3.05) is 5.32 Å². The van der Waals surface area contributed by atoms with Crippen LogP contribution < -0.4 is 5.32 Å². The van der Waals surface area contributed by atoms with E-state index in [-0.39, 0.29) is 5.91 Å². The van der Waals surface area contributed by atoms with Crippen molar-refractivity contribution < 1.29 is 9.59 Å². The minimum atomic E-state index is -0.255. The van der Waals surface area contributed by atoms with E-state index in [0.717, 1.165) is 17.7 Å². The maximum Gasteiger partial charge on any atom is 0.255 e. The summed E-state index contributed by atoms with van der Waals surface area (Å²) < 4.78 is 0. The van der Waals surface area contributed by atoms with E-state index >= 15 is 0 Å². The van der Waals surface area contributed by atoms with E-state index in [2.05, 4.69) is 15.3 Å². The van der Waals surface area contributed by atoms with Crippen molar-refractivity contribution in [3.8, 4) is 11.4 Å². The highest BCUT2D eigenvalue weighted by atomic mass is 16.1. The molecule has 0 spiro atoms. The van der Waals surface area contributed by atoms with Gasteiger partial charge in [-0.25, -0.2) is 4.98 Å². The summed E-state index contributed by atoms with van der Waals surface area (Å²) in [6, 6.07) is 13.9. The van der Waals surface area contributed by atoms with E-state index < -0.39 is 0 Å². The van der Waals surface area contributed by atoms with Gasteiger partial charge in [0.05, 0.1) is 0 Å². The molecule has 0 atom stereocenters. The number of nitrogens with one attached hydrogen (secondary N) is 2. The lowest BCUT2D eigenvalue weighted by atomic mass is 10.1. The third kappa shape index (κ3) is 2.93. The zero-order valence-electron chi connectivity index (χ0n) is 11.6. The number of benzene rings is 2. The lowest BCUT2D eigenvalue weighted by Gasteiger charge is -2.06. The third-order valence-electron chi connectivity index (χ3n) is 3.20. The molecule has 1 amide bonds. The van der Waals surface area contributed by atoms with Gasteiger partial charge in [-0.15, -0.1) is 0 Å². The van der Waals surface area contributed by atoms with Crippen LogP contribution in [0, 0.1) is 0 Å². The van der Waals surface area contributed by atoms with E-state index in [9.17, 15) is 9.59 Å². The summed E-state index contributed by atoms with van der Waals surface area (Å²) in [5.74, 6) is 0.519. The fourth-order valence-electron chi connectivity index (χ4n) is 2.09. The van der Waals surface area contributed by atoms with Crippen LogP contribution in [-0.4, -0.2) is 22.2 Å². The fourth-order valence-corrected chi connectivity index (χ4v) is 2.09. The number of aldehydes is 1. The smallest absolute Gasteiger partial charge is 0.255 e. The van der Waals surface area contributed by atoms with E-state index in [1.54, 1.807) is 48.8 Å². The Balaban J connectivity index is 1.75. The molecular weight excluding hydrogens is 278 g/mol. The number of anilines is 1. The number of hydrogen-bond acceptors (Lipinski definition) is 3. The maximum atomic E-state index is 12.2. The molecule has 22 heavy (non-hydrogen) atoms. The Morgan fingerprint density at radius 1 is 1.14 bits per heavy atom. The van der Waals surface area contributed by atoms with E-state index in [1.165, 1.54) is 0 Å². The molecule has 0 aliphatic rings. The third-order valence-corrected chi connectivity index (χ3v) is 3.20. The summed E-state index contributed by atoms with van der Waals surface area (Å²) in [5.41, 5.74) is 2.53. The Morgan fingerprint density at radius 2 is 1.95 bits per heavy atom. The van der Waals surface area contributed by atoms with Crippen LogP contribution >= 0.6 is 0 Å². The molecule has 5 heteroatoms. The number of aromatic nitrogens is 2. The lowest BCUT2D eigenvalue weighted by molar-refractivity contribution is 0.102. The number of H-pyrrole nitrogens is 1. The van der Waals surface area contributed by atoms with Gasteiger partial charge >= 0.3 is 0 Å². The number of nitrogens with zero attached hydrogens (tertiary/aromatic N) is 1. The Hall–Kier alpha value is -3.21. The van der Waals surface area contributed by atoms with Crippen molar-refractivity contribution in [2.24, 2.45) is 0 Å². The Labute approximate surface area is 127 Å². The number of carbonyl (C=O) groups is 2. The van der Waals surface area contributed by atoms with Crippen LogP contribution in [0.15, 0.2) is 60.9 Å². The second kappa shape index (κ2) is 6.05.